The number of amides is 2. The second-order valence-electron chi connectivity index (χ2n) is 12.7. The average Bonchev–Trinajstić information content (AvgIpc) is 3.65. The molecule has 0 aliphatic heterocycles. The number of nitrogen functional groups attached to an aromatic ring is 1. The number of hydrogen-bond acceptors (Lipinski definition) is 9. The first-order valence-corrected chi connectivity index (χ1v) is 18.6. The first-order chi connectivity index (χ1) is 25.5. The highest BCUT2D eigenvalue weighted by Gasteiger charge is 2.25. The zero-order valence-electron chi connectivity index (χ0n) is 30.6. The maximum absolute atomic E-state index is 13.3. The molecule has 2 aromatic heterocycles. The molecule has 0 bridgehead atoms. The number of benzene rings is 4. The number of rotatable bonds is 10. The molecule has 5 N–H and O–H groups in total. The van der Waals surface area contributed by atoms with Gasteiger partial charge < -0.3 is 34.7 Å². The molecule has 0 unspecified atom stereocenters. The molecule has 0 spiro atoms. The molecule has 0 radical (unpaired) electrons. The van der Waals surface area contributed by atoms with E-state index >= 15 is 0 Å². The SMILES string of the molecule is CNC(=O)c1c(-c2ccc(F)cc2)oc2cc(N)c(OC(C)C)cc12.CNC(=O)c1c(-c2ccc(F)cc2)oc2cc(NS(C)(=O)=O)c(OC(C)C)cc12. The number of ether oxygens (including phenoxy) is 2. The van der Waals surface area contributed by atoms with Crippen molar-refractivity contribution in [1.82, 2.24) is 10.6 Å². The Kier molecular flexibility index (Phi) is 11.5. The molecule has 6 rings (SSSR count). The molecule has 0 saturated heterocycles. The normalized spacial score (nSPS) is 11.4. The van der Waals surface area contributed by atoms with Crippen molar-refractivity contribution in [1.29, 1.82) is 0 Å². The van der Waals surface area contributed by atoms with Gasteiger partial charge in [-0.15, -0.1) is 0 Å². The van der Waals surface area contributed by atoms with E-state index in [0.717, 1.165) is 6.26 Å². The molecule has 6 aromatic rings. The van der Waals surface area contributed by atoms with Crippen molar-refractivity contribution in [2.75, 3.05) is 30.8 Å². The summed E-state index contributed by atoms with van der Waals surface area (Å²) in [6, 6.07) is 17.6. The van der Waals surface area contributed by atoms with Gasteiger partial charge in [-0.3, -0.25) is 14.3 Å². The smallest absolute Gasteiger partial charge is 0.255 e. The molecular weight excluding hydrogens is 723 g/mol. The molecule has 0 atom stereocenters. The Bertz CT molecular complexity index is 2440. The minimum absolute atomic E-state index is 0.0633. The molecule has 0 fully saturated rings. The first-order valence-electron chi connectivity index (χ1n) is 16.7. The molecule has 54 heavy (non-hydrogen) atoms. The summed E-state index contributed by atoms with van der Waals surface area (Å²) in [4.78, 5) is 25.1. The van der Waals surface area contributed by atoms with Crippen LogP contribution in [0.2, 0.25) is 0 Å². The zero-order chi connectivity index (χ0) is 39.5. The maximum atomic E-state index is 13.3. The number of nitrogens with two attached hydrogens (primary N) is 1. The van der Waals surface area contributed by atoms with Gasteiger partial charge in [0.2, 0.25) is 10.0 Å². The van der Waals surface area contributed by atoms with E-state index in [4.69, 9.17) is 24.0 Å². The van der Waals surface area contributed by atoms with E-state index in [-0.39, 0.29) is 52.3 Å². The van der Waals surface area contributed by atoms with Crippen LogP contribution in [-0.2, 0) is 10.0 Å². The molecular formula is C39H40F2N4O8S. The molecule has 4 aromatic carbocycles. The molecule has 0 saturated carbocycles. The van der Waals surface area contributed by atoms with E-state index in [1.165, 1.54) is 49.5 Å². The van der Waals surface area contributed by atoms with Gasteiger partial charge in [-0.25, -0.2) is 17.2 Å². The topological polar surface area (TPSA) is 175 Å². The largest absolute Gasteiger partial charge is 0.489 e. The quantitative estimate of drug-likeness (QED) is 0.102. The number of sulfonamides is 1. The predicted molar refractivity (Wildman–Crippen MR) is 204 cm³/mol. The second-order valence-corrected chi connectivity index (χ2v) is 14.5. The van der Waals surface area contributed by atoms with Gasteiger partial charge in [0.15, 0.2) is 0 Å². The van der Waals surface area contributed by atoms with Crippen LogP contribution in [0.1, 0.15) is 48.4 Å². The summed E-state index contributed by atoms with van der Waals surface area (Å²) in [5.74, 6) is -0.145. The Balaban J connectivity index is 0.000000210. The summed E-state index contributed by atoms with van der Waals surface area (Å²) in [6.45, 7) is 7.38. The summed E-state index contributed by atoms with van der Waals surface area (Å²) in [5, 5.41) is 6.21. The fourth-order valence-electron chi connectivity index (χ4n) is 5.56. The van der Waals surface area contributed by atoms with Gasteiger partial charge in [-0.2, -0.15) is 0 Å². The monoisotopic (exact) mass is 762 g/mol. The Morgan fingerprint density at radius 3 is 1.50 bits per heavy atom. The average molecular weight is 763 g/mol. The number of nitrogens with one attached hydrogen (secondary N) is 3. The Hall–Kier alpha value is -6.09. The minimum Gasteiger partial charge on any atom is -0.489 e. The molecule has 15 heteroatoms. The number of furan rings is 2. The Morgan fingerprint density at radius 2 is 1.09 bits per heavy atom. The number of halogens is 2. The molecule has 0 aliphatic carbocycles. The minimum atomic E-state index is -3.58. The third-order valence-electron chi connectivity index (χ3n) is 7.75. The van der Waals surface area contributed by atoms with Crippen LogP contribution in [0.4, 0.5) is 20.2 Å². The zero-order valence-corrected chi connectivity index (χ0v) is 31.4. The van der Waals surface area contributed by atoms with Crippen LogP contribution in [0.15, 0.2) is 81.6 Å². The second kappa shape index (κ2) is 15.9. The molecule has 0 aliphatic rings. The number of hydrogen-bond donors (Lipinski definition) is 4. The number of carbonyl (C=O) groups excluding carboxylic acids is 2. The van der Waals surface area contributed by atoms with Crippen LogP contribution >= 0.6 is 0 Å². The summed E-state index contributed by atoms with van der Waals surface area (Å²) < 4.78 is 75.7. The van der Waals surface area contributed by atoms with E-state index in [1.807, 2.05) is 13.8 Å². The highest BCUT2D eigenvalue weighted by atomic mass is 32.2. The molecule has 2 heterocycles. The number of carbonyl (C=O) groups is 2. The lowest BCUT2D eigenvalue weighted by molar-refractivity contribution is 0.0956. The van der Waals surface area contributed by atoms with Crippen molar-refractivity contribution in [2.24, 2.45) is 0 Å². The summed E-state index contributed by atoms with van der Waals surface area (Å²) >= 11 is 0. The maximum Gasteiger partial charge on any atom is 0.255 e. The summed E-state index contributed by atoms with van der Waals surface area (Å²) in [6.07, 6.45) is 0.726. The van der Waals surface area contributed by atoms with Gasteiger partial charge >= 0.3 is 0 Å². The van der Waals surface area contributed by atoms with Crippen molar-refractivity contribution < 1.29 is 45.1 Å². The lowest BCUT2D eigenvalue weighted by Gasteiger charge is -2.15. The van der Waals surface area contributed by atoms with Gasteiger partial charge in [0, 0.05) is 48.1 Å². The van der Waals surface area contributed by atoms with Crippen LogP contribution in [0.3, 0.4) is 0 Å². The van der Waals surface area contributed by atoms with Crippen molar-refractivity contribution in [2.45, 2.75) is 39.9 Å². The number of anilines is 2. The van der Waals surface area contributed by atoms with Crippen LogP contribution < -0.4 is 30.6 Å². The van der Waals surface area contributed by atoms with Crippen molar-refractivity contribution in [3.8, 4) is 34.1 Å². The lowest BCUT2D eigenvalue weighted by Crippen LogP contribution is -2.18. The third-order valence-corrected chi connectivity index (χ3v) is 8.34. The van der Waals surface area contributed by atoms with Gasteiger partial charge in [-0.05, 0) is 88.4 Å². The van der Waals surface area contributed by atoms with E-state index < -0.39 is 21.7 Å². The van der Waals surface area contributed by atoms with E-state index in [2.05, 4.69) is 15.4 Å². The van der Waals surface area contributed by atoms with Gasteiger partial charge in [-0.1, -0.05) is 0 Å². The number of fused-ring (bicyclic) bond motifs is 2. The van der Waals surface area contributed by atoms with Gasteiger partial charge in [0.25, 0.3) is 11.8 Å². The highest BCUT2D eigenvalue weighted by molar-refractivity contribution is 7.92. The first kappa shape index (κ1) is 39.1. The third kappa shape index (κ3) is 8.74. The molecule has 284 valence electrons. The van der Waals surface area contributed by atoms with Crippen molar-refractivity contribution in [3.63, 3.8) is 0 Å². The molecule has 12 nitrogen and oxygen atoms in total. The van der Waals surface area contributed by atoms with Crippen LogP contribution in [0.5, 0.6) is 11.5 Å². The predicted octanol–water partition coefficient (Wildman–Crippen LogP) is 7.73. The fourth-order valence-corrected chi connectivity index (χ4v) is 6.12. The Labute approximate surface area is 310 Å². The van der Waals surface area contributed by atoms with Crippen LogP contribution in [0, 0.1) is 11.6 Å². The van der Waals surface area contributed by atoms with E-state index in [1.54, 1.807) is 51.2 Å². The highest BCUT2D eigenvalue weighted by Crippen LogP contribution is 2.41. The lowest BCUT2D eigenvalue weighted by atomic mass is 10.0. The van der Waals surface area contributed by atoms with E-state index in [0.29, 0.717) is 50.2 Å². The van der Waals surface area contributed by atoms with Crippen LogP contribution in [0.25, 0.3) is 44.6 Å². The van der Waals surface area contributed by atoms with Gasteiger partial charge in [0.1, 0.15) is 45.8 Å². The Morgan fingerprint density at radius 1 is 0.685 bits per heavy atom. The van der Waals surface area contributed by atoms with Crippen molar-refractivity contribution >= 4 is 55.2 Å². The summed E-state index contributed by atoms with van der Waals surface area (Å²) in [5.41, 5.74) is 9.09. The summed E-state index contributed by atoms with van der Waals surface area (Å²) in [7, 11) is -0.551. The standard InChI is InChI=1S/C20H21FN2O5S.C19H19FN2O3/c1-11(2)27-17-9-14-16(10-15(17)23-29(4,25)26)28-19(18(14)20(24)22-3)12-5-7-13(21)8-6-12;1-10(2)24-16-8-13-15(9-14(16)21)25-18(17(13)19(23)22-3)11-4-6-12(20)7-5-11/h5-11,23H,1-4H3,(H,22,24);4-10H,21H2,1-3H3,(H,22,23). The van der Waals surface area contributed by atoms with Gasteiger partial charge in [0.05, 0.1) is 41.0 Å². The fraction of sp³-hybridized carbons (Fsp3) is 0.231. The van der Waals surface area contributed by atoms with Crippen LogP contribution in [-0.4, -0.2) is 52.8 Å². The van der Waals surface area contributed by atoms with Crippen molar-refractivity contribution in [3.05, 3.63) is 95.6 Å². The molecule has 2 amide bonds. The van der Waals surface area contributed by atoms with E-state index in [9.17, 15) is 26.8 Å².